The number of benzene rings is 1. The minimum atomic E-state index is -0.355. The summed E-state index contributed by atoms with van der Waals surface area (Å²) in [6, 6.07) is 14.0. The molecule has 1 saturated heterocycles. The summed E-state index contributed by atoms with van der Waals surface area (Å²) in [5.41, 5.74) is 3.42. The summed E-state index contributed by atoms with van der Waals surface area (Å²) in [4.78, 5) is 41.8. The molecule has 2 aromatic heterocycles. The Hall–Kier alpha value is -3.81. The van der Waals surface area contributed by atoms with Crippen LogP contribution in [0.3, 0.4) is 0 Å². The van der Waals surface area contributed by atoms with E-state index in [-0.39, 0.29) is 35.4 Å². The van der Waals surface area contributed by atoms with Crippen LogP contribution in [-0.2, 0) is 16.6 Å². The average molecular weight is 560 g/mol. The van der Waals surface area contributed by atoms with Gasteiger partial charge in [0, 0.05) is 65.4 Å². The number of fused-ring (bicyclic) bond motifs is 1. The lowest BCUT2D eigenvalue weighted by Crippen LogP contribution is -2.59. The topological polar surface area (TPSA) is 108 Å². The molecule has 1 amide bonds. The Morgan fingerprint density at radius 3 is 2.46 bits per heavy atom. The number of aryl methyl sites for hydroxylation is 2. The van der Waals surface area contributed by atoms with E-state index in [2.05, 4.69) is 70.9 Å². The van der Waals surface area contributed by atoms with Crippen molar-refractivity contribution in [1.29, 1.82) is 5.26 Å². The second kappa shape index (κ2) is 13.2. The summed E-state index contributed by atoms with van der Waals surface area (Å²) in [5, 5.41) is 9.52. The van der Waals surface area contributed by atoms with Crippen LogP contribution in [0.4, 0.5) is 5.82 Å². The third-order valence-electron chi connectivity index (χ3n) is 8.29. The molecular formula is C31H41N7O3. The van der Waals surface area contributed by atoms with Gasteiger partial charge in [-0.3, -0.25) is 14.3 Å². The molecular weight excluding hydrogens is 518 g/mol. The molecule has 41 heavy (non-hydrogen) atoms. The molecule has 10 nitrogen and oxygen atoms in total. The molecule has 0 bridgehead atoms. The first-order valence-corrected chi connectivity index (χ1v) is 14.3. The van der Waals surface area contributed by atoms with Gasteiger partial charge in [-0.15, -0.1) is 0 Å². The van der Waals surface area contributed by atoms with Crippen molar-refractivity contribution in [2.24, 2.45) is 7.05 Å². The number of hydrogen-bond donors (Lipinski definition) is 0. The van der Waals surface area contributed by atoms with Gasteiger partial charge in [-0.1, -0.05) is 43.7 Å². The fourth-order valence-electron chi connectivity index (χ4n) is 5.69. The van der Waals surface area contributed by atoms with Crippen LogP contribution in [0.5, 0.6) is 0 Å². The minimum Gasteiger partial charge on any atom is -0.383 e. The predicted molar refractivity (Wildman–Crippen MR) is 160 cm³/mol. The van der Waals surface area contributed by atoms with Crippen molar-refractivity contribution in [3.63, 3.8) is 0 Å². The maximum Gasteiger partial charge on any atom is 0.349 e. The number of hydrogen-bond acceptors (Lipinski definition) is 8. The van der Waals surface area contributed by atoms with E-state index < -0.39 is 0 Å². The lowest BCUT2D eigenvalue weighted by atomic mass is 9.93. The third kappa shape index (κ3) is 6.42. The summed E-state index contributed by atoms with van der Waals surface area (Å²) < 4.78 is 6.67. The lowest BCUT2D eigenvalue weighted by molar-refractivity contribution is -0.132. The zero-order valence-electron chi connectivity index (χ0n) is 25.0. The highest BCUT2D eigenvalue weighted by Crippen LogP contribution is 2.35. The fraction of sp³-hybridized carbons (Fsp3) is 0.516. The van der Waals surface area contributed by atoms with Crippen LogP contribution in [0.15, 0.2) is 41.2 Å². The number of amides is 1. The molecule has 4 rings (SSSR count). The zero-order chi connectivity index (χ0) is 29.7. The van der Waals surface area contributed by atoms with Crippen molar-refractivity contribution in [3.05, 3.63) is 63.7 Å². The number of ether oxygens (including phenoxy) is 1. The number of aromatic nitrogens is 3. The summed E-state index contributed by atoms with van der Waals surface area (Å²) in [6.07, 6.45) is 2.02. The number of anilines is 1. The molecule has 0 aliphatic carbocycles. The van der Waals surface area contributed by atoms with Gasteiger partial charge in [-0.05, 0) is 37.5 Å². The molecule has 3 atom stereocenters. The van der Waals surface area contributed by atoms with Crippen molar-refractivity contribution < 1.29 is 9.53 Å². The van der Waals surface area contributed by atoms with E-state index in [0.29, 0.717) is 49.5 Å². The van der Waals surface area contributed by atoms with Gasteiger partial charge in [-0.2, -0.15) is 10.2 Å². The Kier molecular flexibility index (Phi) is 9.73. The van der Waals surface area contributed by atoms with Crippen LogP contribution >= 0.6 is 0 Å². The standard InChI is InChI=1S/C31H41N7O3/c1-7-24-20-38(30-29-26(36(5)31(40)34-30)14-13-23(18-32)33-29)25(8-2)19-37(24)27(22-11-9-21(3)10-12-22)17-28(39)35(4)15-16-41-6/h9-14,24-25,27H,7-8,15-17,19-20H2,1-6H3/t24-,25+,27?/m1/s1. The first-order valence-electron chi connectivity index (χ1n) is 14.3. The van der Waals surface area contributed by atoms with Gasteiger partial charge >= 0.3 is 5.69 Å². The van der Waals surface area contributed by atoms with E-state index in [1.54, 1.807) is 31.2 Å². The molecule has 3 heterocycles. The van der Waals surface area contributed by atoms with Gasteiger partial charge in [0.1, 0.15) is 17.3 Å². The maximum absolute atomic E-state index is 13.4. The zero-order valence-corrected chi connectivity index (χ0v) is 25.0. The number of carbonyl (C=O) groups excluding carboxylic acids is 1. The van der Waals surface area contributed by atoms with Gasteiger partial charge in [-0.25, -0.2) is 9.78 Å². The lowest BCUT2D eigenvalue weighted by Gasteiger charge is -2.49. The molecule has 1 unspecified atom stereocenters. The molecule has 0 spiro atoms. The van der Waals surface area contributed by atoms with Gasteiger partial charge in [0.2, 0.25) is 5.91 Å². The Bertz CT molecular complexity index is 1460. The summed E-state index contributed by atoms with van der Waals surface area (Å²) in [6.45, 7) is 8.70. The first-order chi connectivity index (χ1) is 19.7. The van der Waals surface area contributed by atoms with Gasteiger partial charge in [0.05, 0.1) is 12.1 Å². The molecule has 10 heteroatoms. The normalized spacial score (nSPS) is 18.3. The van der Waals surface area contributed by atoms with E-state index in [1.165, 1.54) is 10.1 Å². The molecule has 1 aromatic carbocycles. The molecule has 3 aromatic rings. The molecule has 0 saturated carbocycles. The molecule has 218 valence electrons. The summed E-state index contributed by atoms with van der Waals surface area (Å²) in [7, 11) is 5.14. The van der Waals surface area contributed by atoms with Gasteiger partial charge in [0.25, 0.3) is 0 Å². The highest BCUT2D eigenvalue weighted by atomic mass is 16.5. The third-order valence-corrected chi connectivity index (χ3v) is 8.29. The predicted octanol–water partition coefficient (Wildman–Crippen LogP) is 3.42. The van der Waals surface area contributed by atoms with Crippen molar-refractivity contribution in [2.45, 2.75) is 58.2 Å². The quantitative estimate of drug-likeness (QED) is 0.372. The molecule has 0 N–H and O–H groups in total. The molecule has 1 fully saturated rings. The van der Waals surface area contributed by atoms with Crippen LogP contribution in [0, 0.1) is 18.3 Å². The first kappa shape index (κ1) is 30.2. The minimum absolute atomic E-state index is 0.0300. The number of piperazine rings is 1. The number of rotatable bonds is 10. The molecule has 0 radical (unpaired) electrons. The van der Waals surface area contributed by atoms with Crippen LogP contribution in [0.1, 0.15) is 56.0 Å². The number of pyridine rings is 1. The van der Waals surface area contributed by atoms with Crippen LogP contribution < -0.4 is 10.6 Å². The highest BCUT2D eigenvalue weighted by Gasteiger charge is 2.39. The second-order valence-electron chi connectivity index (χ2n) is 10.9. The second-order valence-corrected chi connectivity index (χ2v) is 10.9. The van der Waals surface area contributed by atoms with Crippen LogP contribution in [0.25, 0.3) is 11.0 Å². The van der Waals surface area contributed by atoms with Gasteiger partial charge in [0.15, 0.2) is 5.82 Å². The highest BCUT2D eigenvalue weighted by molar-refractivity contribution is 5.86. The Morgan fingerprint density at radius 2 is 1.83 bits per heavy atom. The number of methoxy groups -OCH3 is 1. The van der Waals surface area contributed by atoms with Crippen molar-refractivity contribution in [3.8, 4) is 6.07 Å². The maximum atomic E-state index is 13.4. The van der Waals surface area contributed by atoms with E-state index in [4.69, 9.17) is 4.74 Å². The SMILES string of the molecule is CC[C@H]1CN(C(CC(=O)N(C)CCOC)c2ccc(C)cc2)[C@H](CC)CN1c1nc(=O)n(C)c2ccc(C#N)nc12. The summed E-state index contributed by atoms with van der Waals surface area (Å²) in [5.74, 6) is 0.595. The van der Waals surface area contributed by atoms with Gasteiger partial charge < -0.3 is 14.5 Å². The van der Waals surface area contributed by atoms with Crippen LogP contribution in [0.2, 0.25) is 0 Å². The van der Waals surface area contributed by atoms with Crippen LogP contribution in [-0.4, -0.2) is 82.7 Å². The molecule has 1 aliphatic rings. The Balaban J connectivity index is 1.74. The number of carbonyl (C=O) groups is 1. The molecule has 1 aliphatic heterocycles. The number of likely N-dealkylation sites (N-methyl/N-ethyl adjacent to an activating group) is 1. The summed E-state index contributed by atoms with van der Waals surface area (Å²) >= 11 is 0. The van der Waals surface area contributed by atoms with E-state index >= 15 is 0 Å². The Morgan fingerprint density at radius 1 is 1.12 bits per heavy atom. The van der Waals surface area contributed by atoms with E-state index in [9.17, 15) is 14.9 Å². The largest absolute Gasteiger partial charge is 0.383 e. The Labute approximate surface area is 242 Å². The monoisotopic (exact) mass is 559 g/mol. The van der Waals surface area contributed by atoms with Crippen molar-refractivity contribution >= 4 is 22.8 Å². The number of nitriles is 1. The fourth-order valence-corrected chi connectivity index (χ4v) is 5.69. The number of nitrogens with zero attached hydrogens (tertiary/aromatic N) is 7. The van der Waals surface area contributed by atoms with E-state index in [1.807, 2.05) is 7.05 Å². The van der Waals surface area contributed by atoms with E-state index in [0.717, 1.165) is 18.4 Å². The smallest absolute Gasteiger partial charge is 0.349 e. The van der Waals surface area contributed by atoms with Crippen molar-refractivity contribution in [1.82, 2.24) is 24.3 Å². The van der Waals surface area contributed by atoms with Crippen molar-refractivity contribution in [2.75, 3.05) is 45.3 Å². The average Bonchev–Trinajstić information content (AvgIpc) is 2.99.